The van der Waals surface area contributed by atoms with Gasteiger partial charge >= 0.3 is 6.98 Å². The average Bonchev–Trinajstić information content (AvgIpc) is 2.45. The van der Waals surface area contributed by atoms with Crippen LogP contribution in [0.5, 0.6) is 11.6 Å². The first-order valence-electron chi connectivity index (χ1n) is 5.91. The monoisotopic (exact) mass is 282 g/mol. The largest absolute Gasteiger partial charge is 0.509 e. The van der Waals surface area contributed by atoms with Crippen LogP contribution < -0.4 is 14.9 Å². The van der Waals surface area contributed by atoms with Gasteiger partial charge in [0.25, 0.3) is 0 Å². The van der Waals surface area contributed by atoms with Gasteiger partial charge in [0.15, 0.2) is 0 Å². The van der Waals surface area contributed by atoms with Crippen LogP contribution in [0, 0.1) is 0 Å². The van der Waals surface area contributed by atoms with Gasteiger partial charge in [-0.25, -0.2) is 4.98 Å². The molecule has 20 heavy (non-hydrogen) atoms. The van der Waals surface area contributed by atoms with Crippen molar-refractivity contribution in [2.24, 2.45) is 0 Å². The second-order valence-electron chi connectivity index (χ2n) is 4.10. The summed E-state index contributed by atoms with van der Waals surface area (Å²) >= 11 is 0. The Balaban J connectivity index is 2.00. The second-order valence-corrected chi connectivity index (χ2v) is 4.10. The number of methoxy groups -OCH3 is 1. The van der Waals surface area contributed by atoms with Crippen LogP contribution in [0.15, 0.2) is 42.5 Å². The highest BCUT2D eigenvalue weighted by molar-refractivity contribution is 6.73. The van der Waals surface area contributed by atoms with Gasteiger partial charge in [-0.05, 0) is 18.2 Å². The third kappa shape index (κ3) is 3.66. The van der Waals surface area contributed by atoms with Gasteiger partial charge in [-0.1, -0.05) is 18.2 Å². The molecule has 0 saturated heterocycles. The normalized spacial score (nSPS) is 11.2. The summed E-state index contributed by atoms with van der Waals surface area (Å²) in [5.41, 5.74) is -0.00896. The Morgan fingerprint density at radius 3 is 2.35 bits per heavy atom. The maximum atomic E-state index is 12.5. The van der Waals surface area contributed by atoms with Crippen LogP contribution >= 0.6 is 0 Å². The van der Waals surface area contributed by atoms with Crippen molar-refractivity contribution in [1.82, 2.24) is 4.98 Å². The first kappa shape index (κ1) is 14.2. The Kier molecular flexibility index (Phi) is 4.17. The van der Waals surface area contributed by atoms with Crippen LogP contribution in [-0.2, 0) is 6.61 Å². The van der Waals surface area contributed by atoms with Crippen molar-refractivity contribution in [3.63, 3.8) is 0 Å². The number of rotatable bonds is 5. The van der Waals surface area contributed by atoms with Gasteiger partial charge in [-0.3, -0.25) is 0 Å². The van der Waals surface area contributed by atoms with Gasteiger partial charge in [0.2, 0.25) is 5.88 Å². The van der Waals surface area contributed by atoms with E-state index in [2.05, 4.69) is 4.98 Å². The SMILES string of the molecule is COc1cccc(COc2ccc([B-](F)(F)F)cc2)n1. The lowest BCUT2D eigenvalue weighted by molar-refractivity contribution is 0.298. The van der Waals surface area contributed by atoms with E-state index in [-0.39, 0.29) is 6.61 Å². The predicted octanol–water partition coefficient (Wildman–Crippen LogP) is 2.72. The van der Waals surface area contributed by atoms with Crippen molar-refractivity contribution in [2.45, 2.75) is 6.61 Å². The maximum Gasteiger partial charge on any atom is 0.509 e. The van der Waals surface area contributed by atoms with E-state index in [0.717, 1.165) is 12.1 Å². The second kappa shape index (κ2) is 5.86. The number of hydrogen-bond donors (Lipinski definition) is 0. The van der Waals surface area contributed by atoms with Gasteiger partial charge in [0.05, 0.1) is 12.8 Å². The molecular formula is C13H12BF3NO2-. The van der Waals surface area contributed by atoms with E-state index < -0.39 is 12.4 Å². The standard InChI is InChI=1S/C13H12BF3NO2/c1-19-13-4-2-3-11(18-13)9-20-12-7-5-10(6-8-12)14(15,16)17/h2-8H,9H2,1H3/q-1. The summed E-state index contributed by atoms with van der Waals surface area (Å²) in [5, 5.41) is 0. The van der Waals surface area contributed by atoms with E-state index in [1.807, 2.05) is 0 Å². The number of benzene rings is 1. The molecule has 1 heterocycles. The zero-order chi connectivity index (χ0) is 14.6. The number of aromatic nitrogens is 1. The van der Waals surface area contributed by atoms with Gasteiger partial charge in [0, 0.05) is 6.07 Å². The molecule has 0 amide bonds. The molecule has 3 nitrogen and oxygen atoms in total. The van der Waals surface area contributed by atoms with Crippen molar-refractivity contribution in [2.75, 3.05) is 7.11 Å². The highest BCUT2D eigenvalue weighted by Crippen LogP contribution is 2.15. The molecule has 0 saturated carbocycles. The molecule has 2 rings (SSSR count). The summed E-state index contributed by atoms with van der Waals surface area (Å²) in [7, 11) is 1.50. The molecule has 1 aromatic heterocycles. The first-order valence-corrected chi connectivity index (χ1v) is 5.91. The summed E-state index contributed by atoms with van der Waals surface area (Å²) in [6.07, 6.45) is 0. The number of hydrogen-bond acceptors (Lipinski definition) is 3. The van der Waals surface area contributed by atoms with Crippen molar-refractivity contribution in [1.29, 1.82) is 0 Å². The molecule has 0 radical (unpaired) electrons. The molecule has 0 spiro atoms. The lowest BCUT2D eigenvalue weighted by atomic mass is 9.80. The third-order valence-corrected chi connectivity index (χ3v) is 2.64. The zero-order valence-corrected chi connectivity index (χ0v) is 10.7. The van der Waals surface area contributed by atoms with Crippen LogP contribution in [0.4, 0.5) is 12.9 Å². The van der Waals surface area contributed by atoms with Crippen LogP contribution in [0.25, 0.3) is 0 Å². The molecule has 106 valence electrons. The molecule has 0 aliphatic rings. The first-order chi connectivity index (χ1) is 9.49. The molecule has 0 atom stereocenters. The molecule has 0 bridgehead atoms. The summed E-state index contributed by atoms with van der Waals surface area (Å²) in [6.45, 7) is -4.81. The van der Waals surface area contributed by atoms with Crippen LogP contribution in [-0.4, -0.2) is 19.1 Å². The fourth-order valence-corrected chi connectivity index (χ4v) is 1.59. The smallest absolute Gasteiger partial charge is 0.487 e. The van der Waals surface area contributed by atoms with E-state index in [1.54, 1.807) is 18.2 Å². The van der Waals surface area contributed by atoms with E-state index in [9.17, 15) is 12.9 Å². The fourth-order valence-electron chi connectivity index (χ4n) is 1.59. The molecule has 0 fully saturated rings. The Hall–Kier alpha value is -2.18. The Morgan fingerprint density at radius 1 is 1.05 bits per heavy atom. The van der Waals surface area contributed by atoms with Crippen LogP contribution in [0.3, 0.4) is 0 Å². The van der Waals surface area contributed by atoms with Crippen molar-refractivity contribution < 1.29 is 22.4 Å². The van der Waals surface area contributed by atoms with Crippen molar-refractivity contribution in [3.05, 3.63) is 48.2 Å². The fraction of sp³-hybridized carbons (Fsp3) is 0.154. The summed E-state index contributed by atoms with van der Waals surface area (Å²) < 4.78 is 47.7. The third-order valence-electron chi connectivity index (χ3n) is 2.64. The van der Waals surface area contributed by atoms with Gasteiger partial charge in [-0.2, -0.15) is 0 Å². The number of nitrogens with zero attached hydrogens (tertiary/aromatic N) is 1. The Morgan fingerprint density at radius 2 is 1.75 bits per heavy atom. The Bertz CT molecular complexity index is 573. The maximum absolute atomic E-state index is 12.5. The topological polar surface area (TPSA) is 31.4 Å². The van der Waals surface area contributed by atoms with E-state index >= 15 is 0 Å². The molecule has 0 N–H and O–H groups in total. The minimum Gasteiger partial charge on any atom is -0.487 e. The average molecular weight is 282 g/mol. The van der Waals surface area contributed by atoms with Crippen molar-refractivity contribution in [3.8, 4) is 11.6 Å². The molecule has 2 aromatic rings. The minimum absolute atomic E-state index is 0.160. The van der Waals surface area contributed by atoms with Gasteiger partial charge < -0.3 is 22.4 Å². The lowest BCUT2D eigenvalue weighted by Gasteiger charge is -2.15. The van der Waals surface area contributed by atoms with E-state index in [1.165, 1.54) is 19.2 Å². The molecular weight excluding hydrogens is 270 g/mol. The molecule has 0 aliphatic heterocycles. The molecule has 0 aliphatic carbocycles. The van der Waals surface area contributed by atoms with Crippen LogP contribution in [0.1, 0.15) is 5.69 Å². The van der Waals surface area contributed by atoms with E-state index in [0.29, 0.717) is 17.3 Å². The predicted molar refractivity (Wildman–Crippen MR) is 70.3 cm³/mol. The highest BCUT2D eigenvalue weighted by atomic mass is 19.4. The van der Waals surface area contributed by atoms with Gasteiger partial charge in [0.1, 0.15) is 12.4 Å². The van der Waals surface area contributed by atoms with Crippen molar-refractivity contribution >= 4 is 12.4 Å². The van der Waals surface area contributed by atoms with Gasteiger partial charge in [-0.15, -0.1) is 5.46 Å². The number of halogens is 3. The number of pyridine rings is 1. The molecule has 0 unspecified atom stereocenters. The number of ether oxygens (including phenoxy) is 2. The molecule has 7 heteroatoms. The summed E-state index contributed by atoms with van der Waals surface area (Å²) in [5.74, 6) is 0.819. The van der Waals surface area contributed by atoms with Crippen LogP contribution in [0.2, 0.25) is 0 Å². The Labute approximate surface area is 114 Å². The minimum atomic E-state index is -4.97. The highest BCUT2D eigenvalue weighted by Gasteiger charge is 2.24. The summed E-state index contributed by atoms with van der Waals surface area (Å²) in [4.78, 5) is 4.14. The molecule has 1 aromatic carbocycles. The lowest BCUT2D eigenvalue weighted by Crippen LogP contribution is -2.33. The summed E-state index contributed by atoms with van der Waals surface area (Å²) in [6, 6.07) is 9.82. The van der Waals surface area contributed by atoms with E-state index in [4.69, 9.17) is 9.47 Å². The quantitative estimate of drug-likeness (QED) is 0.790. The zero-order valence-electron chi connectivity index (χ0n) is 10.7.